The summed E-state index contributed by atoms with van der Waals surface area (Å²) >= 11 is 0. The Labute approximate surface area is 160 Å². The Morgan fingerprint density at radius 2 is 1.63 bits per heavy atom. The number of rotatable bonds is 4. The molecule has 1 aliphatic rings. The van der Waals surface area contributed by atoms with Crippen LogP contribution in [0.5, 0.6) is 0 Å². The van der Waals surface area contributed by atoms with Crippen LogP contribution in [0.15, 0.2) is 84.5 Å². The quantitative estimate of drug-likeness (QED) is 0.569. The Balaban J connectivity index is 1.68. The molecule has 2 heteroatoms. The van der Waals surface area contributed by atoms with Crippen molar-refractivity contribution in [3.8, 4) is 0 Å². The minimum Gasteiger partial charge on any atom is -0.378 e. The Bertz CT molecular complexity index is 1040. The summed E-state index contributed by atoms with van der Waals surface area (Å²) in [4.78, 5) is 13.7. The number of carbonyl (C=O) groups excluding carboxylic acids is 1. The summed E-state index contributed by atoms with van der Waals surface area (Å²) < 4.78 is 0. The van der Waals surface area contributed by atoms with Gasteiger partial charge in [-0.2, -0.15) is 0 Å². The van der Waals surface area contributed by atoms with E-state index < -0.39 is 0 Å². The zero-order valence-electron chi connectivity index (χ0n) is 15.7. The van der Waals surface area contributed by atoms with Gasteiger partial charge in [0.05, 0.1) is 0 Å². The molecule has 0 radical (unpaired) electrons. The van der Waals surface area contributed by atoms with Crippen LogP contribution in [0, 0.1) is 0 Å². The lowest BCUT2D eigenvalue weighted by atomic mass is 9.80. The minimum absolute atomic E-state index is 0.102. The van der Waals surface area contributed by atoms with Crippen molar-refractivity contribution in [1.82, 2.24) is 0 Å². The summed E-state index contributed by atoms with van der Waals surface area (Å²) in [6, 6.07) is 23.5. The highest BCUT2D eigenvalue weighted by molar-refractivity contribution is 5.88. The van der Waals surface area contributed by atoms with Gasteiger partial charge in [-0.15, -0.1) is 0 Å². The summed E-state index contributed by atoms with van der Waals surface area (Å²) in [5.74, 6) is 0.102. The Morgan fingerprint density at radius 1 is 0.889 bits per heavy atom. The number of anilines is 1. The average molecular weight is 353 g/mol. The number of benzene rings is 3. The molecule has 0 amide bonds. The summed E-state index contributed by atoms with van der Waals surface area (Å²) in [6.07, 6.45) is 5.91. The van der Waals surface area contributed by atoms with Crippen LogP contribution < -0.4 is 4.90 Å². The summed E-state index contributed by atoms with van der Waals surface area (Å²) in [7, 11) is 4.07. The molecule has 0 aliphatic heterocycles. The topological polar surface area (TPSA) is 20.3 Å². The molecule has 0 bridgehead atoms. The normalized spacial score (nSPS) is 16.6. The van der Waals surface area contributed by atoms with Gasteiger partial charge in [-0.1, -0.05) is 60.7 Å². The van der Waals surface area contributed by atoms with Gasteiger partial charge in [0.15, 0.2) is 0 Å². The molecule has 134 valence electrons. The highest BCUT2D eigenvalue weighted by atomic mass is 16.1. The van der Waals surface area contributed by atoms with E-state index in [1.54, 1.807) is 0 Å². The molecule has 1 aliphatic carbocycles. The van der Waals surface area contributed by atoms with Crippen LogP contribution in [0.1, 0.15) is 23.5 Å². The van der Waals surface area contributed by atoms with Gasteiger partial charge < -0.3 is 4.90 Å². The number of nitrogens with zero attached hydrogens (tertiary/aromatic N) is 1. The molecule has 0 spiro atoms. The van der Waals surface area contributed by atoms with E-state index in [9.17, 15) is 4.79 Å². The van der Waals surface area contributed by atoms with E-state index >= 15 is 0 Å². The molecule has 0 saturated carbocycles. The molecular formula is C25H23NO. The first kappa shape index (κ1) is 17.3. The largest absolute Gasteiger partial charge is 0.378 e. The molecule has 1 unspecified atom stereocenters. The van der Waals surface area contributed by atoms with Crippen LogP contribution in [0.25, 0.3) is 16.3 Å². The predicted molar refractivity (Wildman–Crippen MR) is 114 cm³/mol. The number of aldehydes is 1. The molecule has 0 fully saturated rings. The average Bonchev–Trinajstić information content (AvgIpc) is 2.73. The fourth-order valence-corrected chi connectivity index (χ4v) is 3.76. The molecule has 2 nitrogen and oxygen atoms in total. The number of allylic oxidation sites excluding steroid dienone is 4. The van der Waals surface area contributed by atoms with Crippen molar-refractivity contribution in [1.29, 1.82) is 0 Å². The molecule has 0 aromatic heterocycles. The maximum atomic E-state index is 11.6. The van der Waals surface area contributed by atoms with Gasteiger partial charge in [-0.25, -0.2) is 0 Å². The minimum atomic E-state index is 0.102. The lowest BCUT2D eigenvalue weighted by molar-refractivity contribution is -0.105. The van der Waals surface area contributed by atoms with Crippen molar-refractivity contribution < 1.29 is 4.79 Å². The zero-order chi connectivity index (χ0) is 18.8. The molecule has 3 aromatic carbocycles. The van der Waals surface area contributed by atoms with E-state index in [0.717, 1.165) is 24.0 Å². The van der Waals surface area contributed by atoms with Gasteiger partial charge in [0.1, 0.15) is 6.29 Å². The third kappa shape index (κ3) is 3.43. The van der Waals surface area contributed by atoms with Crippen LogP contribution in [-0.4, -0.2) is 20.4 Å². The molecule has 3 aromatic rings. The first-order valence-electron chi connectivity index (χ1n) is 9.28. The second kappa shape index (κ2) is 7.24. The van der Waals surface area contributed by atoms with E-state index in [1.165, 1.54) is 27.5 Å². The Kier molecular flexibility index (Phi) is 4.64. The van der Waals surface area contributed by atoms with E-state index in [-0.39, 0.29) is 5.92 Å². The maximum absolute atomic E-state index is 11.6. The second-order valence-corrected chi connectivity index (χ2v) is 7.28. The molecule has 27 heavy (non-hydrogen) atoms. The lowest BCUT2D eigenvalue weighted by Gasteiger charge is -2.24. The van der Waals surface area contributed by atoms with Gasteiger partial charge in [-0.05, 0) is 57.7 Å². The van der Waals surface area contributed by atoms with Crippen LogP contribution in [0.2, 0.25) is 0 Å². The van der Waals surface area contributed by atoms with Crippen molar-refractivity contribution in [3.63, 3.8) is 0 Å². The van der Waals surface area contributed by atoms with Crippen molar-refractivity contribution in [2.75, 3.05) is 19.0 Å². The van der Waals surface area contributed by atoms with Gasteiger partial charge in [0, 0.05) is 25.7 Å². The summed E-state index contributed by atoms with van der Waals surface area (Å²) in [5, 5.41) is 2.49. The smallest absolute Gasteiger partial charge is 0.146 e. The van der Waals surface area contributed by atoms with Crippen molar-refractivity contribution >= 4 is 28.3 Å². The van der Waals surface area contributed by atoms with Crippen LogP contribution in [-0.2, 0) is 4.79 Å². The molecule has 4 rings (SSSR count). The third-order valence-electron chi connectivity index (χ3n) is 5.37. The van der Waals surface area contributed by atoms with Gasteiger partial charge in [0.25, 0.3) is 0 Å². The highest BCUT2D eigenvalue weighted by Gasteiger charge is 2.22. The van der Waals surface area contributed by atoms with Crippen molar-refractivity contribution in [2.45, 2.75) is 12.3 Å². The fourth-order valence-electron chi connectivity index (χ4n) is 3.76. The number of hydrogen-bond acceptors (Lipinski definition) is 2. The SMILES string of the molecule is CN(C)c1ccc(C2CC(c3ccc4ccccc4c3)=CC=C2C=O)cc1. The molecule has 0 saturated heterocycles. The number of carbonyl (C=O) groups is 1. The van der Waals surface area contributed by atoms with Gasteiger partial charge in [-0.3, -0.25) is 4.79 Å². The van der Waals surface area contributed by atoms with Crippen LogP contribution >= 0.6 is 0 Å². The monoisotopic (exact) mass is 353 g/mol. The number of fused-ring (bicyclic) bond motifs is 1. The van der Waals surface area contributed by atoms with Gasteiger partial charge in [0.2, 0.25) is 0 Å². The van der Waals surface area contributed by atoms with E-state index in [2.05, 4.69) is 77.7 Å². The molecule has 0 heterocycles. The van der Waals surface area contributed by atoms with E-state index in [0.29, 0.717) is 0 Å². The Hall–Kier alpha value is -3.13. The standard InChI is InChI=1S/C25H23NO/c1-26(2)24-13-11-19(12-14-24)25-16-22(9-10-23(25)17-27)21-8-7-18-5-3-4-6-20(18)15-21/h3-15,17,25H,16H2,1-2H3. The predicted octanol–water partition coefficient (Wildman–Crippen LogP) is 5.60. The first-order valence-corrected chi connectivity index (χ1v) is 9.28. The van der Waals surface area contributed by atoms with Crippen molar-refractivity contribution in [2.24, 2.45) is 0 Å². The van der Waals surface area contributed by atoms with Gasteiger partial charge >= 0.3 is 0 Å². The van der Waals surface area contributed by atoms with Crippen LogP contribution in [0.4, 0.5) is 5.69 Å². The van der Waals surface area contributed by atoms with E-state index in [4.69, 9.17) is 0 Å². The molecule has 1 atom stereocenters. The van der Waals surface area contributed by atoms with E-state index in [1.807, 2.05) is 20.2 Å². The molecule has 0 N–H and O–H groups in total. The van der Waals surface area contributed by atoms with Crippen LogP contribution in [0.3, 0.4) is 0 Å². The third-order valence-corrected chi connectivity index (χ3v) is 5.37. The fraction of sp³-hybridized carbons (Fsp3) is 0.160. The second-order valence-electron chi connectivity index (χ2n) is 7.28. The Morgan fingerprint density at radius 3 is 2.33 bits per heavy atom. The summed E-state index contributed by atoms with van der Waals surface area (Å²) in [5.41, 5.74) is 5.69. The highest BCUT2D eigenvalue weighted by Crippen LogP contribution is 2.38. The summed E-state index contributed by atoms with van der Waals surface area (Å²) in [6.45, 7) is 0. The molecular weight excluding hydrogens is 330 g/mol. The lowest BCUT2D eigenvalue weighted by Crippen LogP contribution is -2.11. The zero-order valence-corrected chi connectivity index (χ0v) is 15.7. The first-order chi connectivity index (χ1) is 13.2. The van der Waals surface area contributed by atoms with Crippen molar-refractivity contribution in [3.05, 3.63) is 95.6 Å². The number of hydrogen-bond donors (Lipinski definition) is 0. The maximum Gasteiger partial charge on any atom is 0.146 e.